The van der Waals surface area contributed by atoms with Crippen LogP contribution in [0, 0.1) is 59.2 Å². The van der Waals surface area contributed by atoms with Crippen LogP contribution in [0.15, 0.2) is 0 Å². The van der Waals surface area contributed by atoms with Crippen LogP contribution < -0.4 is 0 Å². The van der Waals surface area contributed by atoms with E-state index < -0.39 is 0 Å². The Balaban J connectivity index is 1.09. The maximum Gasteiger partial charge on any atom is 0.0576 e. The summed E-state index contributed by atoms with van der Waals surface area (Å²) in [6.07, 6.45) is 53.4. The summed E-state index contributed by atoms with van der Waals surface area (Å²) in [5, 5.41) is 0. The minimum absolute atomic E-state index is 0.516. The highest BCUT2D eigenvalue weighted by molar-refractivity contribution is 5.12. The van der Waals surface area contributed by atoms with Gasteiger partial charge in [-0.2, -0.15) is 0 Å². The molecule has 9 rings (SSSR count). The summed E-state index contributed by atoms with van der Waals surface area (Å²) in [7, 11) is 0. The number of hydrogen-bond acceptors (Lipinski definition) is 4. The Kier molecular flexibility index (Phi) is 18.4. The summed E-state index contributed by atoms with van der Waals surface area (Å²) in [4.78, 5) is 7.05. The Morgan fingerprint density at radius 3 is 1.03 bits per heavy atom. The first-order valence-electron chi connectivity index (χ1n) is 30.3. The van der Waals surface area contributed by atoms with Crippen molar-refractivity contribution in [2.24, 2.45) is 59.2 Å². The van der Waals surface area contributed by atoms with Crippen LogP contribution in [0.3, 0.4) is 0 Å². The van der Waals surface area contributed by atoms with Crippen LogP contribution in [-0.2, 0) is 9.47 Å². The lowest BCUT2D eigenvalue weighted by Crippen LogP contribution is -2.70. The number of ether oxygens (including phenoxy) is 2. The van der Waals surface area contributed by atoms with Gasteiger partial charge in [0.25, 0.3) is 0 Å². The molecule has 64 heavy (non-hydrogen) atoms. The highest BCUT2D eigenvalue weighted by Gasteiger charge is 2.60. The molecule has 9 aliphatic rings. The number of unbranched alkanes of at least 4 members (excludes halogenated alkanes) is 2. The number of rotatable bonds is 16. The second kappa shape index (κ2) is 24.1. The third-order valence-corrected chi connectivity index (χ3v) is 21.7. The van der Waals surface area contributed by atoms with Crippen molar-refractivity contribution < 1.29 is 9.47 Å². The van der Waals surface area contributed by atoms with E-state index in [0.717, 1.165) is 109 Å². The van der Waals surface area contributed by atoms with Gasteiger partial charge in [-0.15, -0.1) is 0 Å². The van der Waals surface area contributed by atoms with E-state index in [2.05, 4.69) is 37.5 Å². The standard InChI is InChI=1S/C60H106N2O2/c1-5-7-39-63-53-33-29-51(30-34-53)61(49-25-19-43(3)20-26-49)59-55-37-23-48(46-17-13-10-14-18-46)42-58(55)60(56-38-24-47(41-57(56)59)45-15-11-9-12-16-45)62(50-27-21-44(4)22-28-50)52-31-35-54(36-32-52)64-40-8-6-2/h43-60H,5-42H2,1-4H3. The maximum atomic E-state index is 6.64. The van der Waals surface area contributed by atoms with Crippen molar-refractivity contribution in [2.75, 3.05) is 13.2 Å². The van der Waals surface area contributed by atoms with Gasteiger partial charge in [0.05, 0.1) is 12.2 Å². The van der Waals surface area contributed by atoms with Crippen LogP contribution >= 0.6 is 0 Å². The summed E-state index contributed by atoms with van der Waals surface area (Å²) in [6.45, 7) is 11.8. The molecule has 0 bridgehead atoms. The number of fused-ring (bicyclic) bond motifs is 2. The maximum absolute atomic E-state index is 6.64. The zero-order valence-electron chi connectivity index (χ0n) is 43.0. The minimum Gasteiger partial charge on any atom is -0.378 e. The fraction of sp³-hybridized carbons (Fsp3) is 1.00. The van der Waals surface area contributed by atoms with E-state index in [1.54, 1.807) is 64.2 Å². The quantitative estimate of drug-likeness (QED) is 0.144. The molecule has 0 N–H and O–H groups in total. The van der Waals surface area contributed by atoms with Crippen LogP contribution in [0.25, 0.3) is 0 Å². The van der Waals surface area contributed by atoms with Crippen LogP contribution in [0.2, 0.25) is 0 Å². The van der Waals surface area contributed by atoms with E-state index in [1.165, 1.54) is 167 Å². The van der Waals surface area contributed by atoms with Crippen molar-refractivity contribution >= 4 is 0 Å². The Hall–Kier alpha value is -0.160. The molecule has 0 spiro atoms. The van der Waals surface area contributed by atoms with Crippen molar-refractivity contribution in [1.82, 2.24) is 9.80 Å². The molecule has 0 aromatic heterocycles. The predicted octanol–water partition coefficient (Wildman–Crippen LogP) is 16.0. The second-order valence-electron chi connectivity index (χ2n) is 25.6. The molecule has 0 aromatic rings. The first kappa shape index (κ1) is 48.8. The lowest BCUT2D eigenvalue weighted by Gasteiger charge is -2.66. The largest absolute Gasteiger partial charge is 0.378 e. The van der Waals surface area contributed by atoms with Gasteiger partial charge in [0.15, 0.2) is 0 Å². The van der Waals surface area contributed by atoms with Gasteiger partial charge in [0.2, 0.25) is 0 Å². The zero-order valence-corrected chi connectivity index (χ0v) is 43.0. The molecule has 8 atom stereocenters. The summed E-state index contributed by atoms with van der Waals surface area (Å²) in [5.74, 6) is 9.52. The highest BCUT2D eigenvalue weighted by atomic mass is 16.5. The molecular weight excluding hydrogens is 781 g/mol. The van der Waals surface area contributed by atoms with E-state index >= 15 is 0 Å². The lowest BCUT2D eigenvalue weighted by molar-refractivity contribution is -0.165. The average molecular weight is 888 g/mol. The first-order chi connectivity index (χ1) is 31.5. The molecule has 0 amide bonds. The summed E-state index contributed by atoms with van der Waals surface area (Å²) in [6, 6.07) is 4.90. The molecule has 9 saturated carbocycles. The van der Waals surface area contributed by atoms with Gasteiger partial charge in [-0.25, -0.2) is 0 Å². The van der Waals surface area contributed by atoms with Gasteiger partial charge in [-0.1, -0.05) is 105 Å². The van der Waals surface area contributed by atoms with Crippen LogP contribution in [0.5, 0.6) is 0 Å². The van der Waals surface area contributed by atoms with E-state index in [-0.39, 0.29) is 0 Å². The highest BCUT2D eigenvalue weighted by Crippen LogP contribution is 2.60. The van der Waals surface area contributed by atoms with Crippen molar-refractivity contribution in [3.05, 3.63) is 0 Å². The second-order valence-corrected chi connectivity index (χ2v) is 25.6. The Labute approximate surface area is 397 Å². The van der Waals surface area contributed by atoms with Gasteiger partial charge >= 0.3 is 0 Å². The average Bonchev–Trinajstić information content (AvgIpc) is 3.34. The van der Waals surface area contributed by atoms with Crippen molar-refractivity contribution in [3.63, 3.8) is 0 Å². The first-order valence-corrected chi connectivity index (χ1v) is 30.3. The smallest absolute Gasteiger partial charge is 0.0576 e. The third kappa shape index (κ3) is 11.7. The van der Waals surface area contributed by atoms with Crippen LogP contribution in [-0.4, -0.2) is 71.5 Å². The van der Waals surface area contributed by atoms with Crippen molar-refractivity contribution in [2.45, 2.75) is 307 Å². The SMILES string of the molecule is CCCCOC1CCC(N(C2CCC(C)CC2)C2C3CCC(C4CCCCC4)CC3C(N(C3CCC(C)CC3)C3CCC(OCCCC)CC3)C3CCC(C4CCCCC4)CC32)CC1. The van der Waals surface area contributed by atoms with Crippen LogP contribution in [0.4, 0.5) is 0 Å². The Morgan fingerprint density at radius 1 is 0.344 bits per heavy atom. The van der Waals surface area contributed by atoms with E-state index in [4.69, 9.17) is 9.47 Å². The molecule has 4 heteroatoms. The van der Waals surface area contributed by atoms with Crippen molar-refractivity contribution in [3.8, 4) is 0 Å². The normalized spacial score (nSPS) is 43.2. The van der Waals surface area contributed by atoms with Gasteiger partial charge in [-0.3, -0.25) is 9.80 Å². The van der Waals surface area contributed by atoms with Gasteiger partial charge < -0.3 is 9.47 Å². The molecular formula is C60H106N2O2. The molecule has 0 aromatic carbocycles. The van der Waals surface area contributed by atoms with Gasteiger partial charge in [0, 0.05) is 49.5 Å². The molecule has 0 saturated heterocycles. The van der Waals surface area contributed by atoms with E-state index in [1.807, 2.05) is 0 Å². The molecule has 0 aliphatic heterocycles. The van der Waals surface area contributed by atoms with E-state index in [9.17, 15) is 0 Å². The minimum atomic E-state index is 0.516. The molecule has 0 heterocycles. The van der Waals surface area contributed by atoms with E-state index in [0.29, 0.717) is 12.2 Å². The van der Waals surface area contributed by atoms with Crippen molar-refractivity contribution in [1.29, 1.82) is 0 Å². The zero-order chi connectivity index (χ0) is 43.8. The summed E-state index contributed by atoms with van der Waals surface area (Å²) < 4.78 is 13.3. The van der Waals surface area contributed by atoms with Gasteiger partial charge in [0.1, 0.15) is 0 Å². The topological polar surface area (TPSA) is 24.9 Å². The fourth-order valence-corrected chi connectivity index (χ4v) is 18.2. The molecule has 4 nitrogen and oxygen atoms in total. The number of nitrogens with zero attached hydrogens (tertiary/aromatic N) is 2. The van der Waals surface area contributed by atoms with Gasteiger partial charge in [-0.05, 0) is 213 Å². The molecule has 9 aliphatic carbocycles. The fourth-order valence-electron chi connectivity index (χ4n) is 18.2. The monoisotopic (exact) mass is 887 g/mol. The Morgan fingerprint density at radius 2 is 0.688 bits per heavy atom. The molecule has 0 radical (unpaired) electrons. The predicted molar refractivity (Wildman–Crippen MR) is 270 cm³/mol. The number of hydrogen-bond donors (Lipinski definition) is 0. The lowest BCUT2D eigenvalue weighted by atomic mass is 9.49. The third-order valence-electron chi connectivity index (χ3n) is 21.7. The summed E-state index contributed by atoms with van der Waals surface area (Å²) >= 11 is 0. The Bertz CT molecular complexity index is 1210. The molecule has 9 fully saturated rings. The van der Waals surface area contributed by atoms with Crippen LogP contribution in [0.1, 0.15) is 259 Å². The molecule has 8 unspecified atom stereocenters. The molecule has 368 valence electrons. The summed E-state index contributed by atoms with van der Waals surface area (Å²) in [5.41, 5.74) is 0.